The van der Waals surface area contributed by atoms with E-state index in [9.17, 15) is 29.4 Å². The minimum atomic E-state index is -2.02. The molecule has 2 heterocycles. The predicted octanol–water partition coefficient (Wildman–Crippen LogP) is 0.499. The Bertz CT molecular complexity index is 807. The van der Waals surface area contributed by atoms with Crippen molar-refractivity contribution < 1.29 is 29.4 Å². The summed E-state index contributed by atoms with van der Waals surface area (Å²) in [7, 11) is 0. The summed E-state index contributed by atoms with van der Waals surface area (Å²) < 4.78 is 0. The molecule has 10 nitrogen and oxygen atoms in total. The first kappa shape index (κ1) is 23.6. The van der Waals surface area contributed by atoms with Crippen LogP contribution in [-0.4, -0.2) is 68.4 Å². The minimum absolute atomic E-state index is 0.0580. The SMILES string of the molecule is Cc1cc[nH]c1C(=O)CC(C(=O)O)[C@@]1(C(=O)O)CCCN1C(=O)[C@@H](N)CCCCN. The number of Topliss-reactive ketones (excluding diaryl/α,β-unsaturated/α-hetero) is 1. The van der Waals surface area contributed by atoms with Crippen molar-refractivity contribution in [3.05, 3.63) is 23.5 Å². The van der Waals surface area contributed by atoms with Gasteiger partial charge in [-0.15, -0.1) is 0 Å². The number of rotatable bonds is 11. The fraction of sp³-hybridized carbons (Fsp3) is 0.600. The number of aryl methyl sites for hydroxylation is 1. The Kier molecular flexibility index (Phi) is 7.74. The Morgan fingerprint density at radius 3 is 2.50 bits per heavy atom. The molecule has 1 aromatic rings. The number of amides is 1. The maximum Gasteiger partial charge on any atom is 0.330 e. The molecule has 0 aromatic carbocycles. The van der Waals surface area contributed by atoms with Crippen molar-refractivity contribution in [1.29, 1.82) is 0 Å². The predicted molar refractivity (Wildman–Crippen MR) is 108 cm³/mol. The Labute approximate surface area is 174 Å². The summed E-state index contributed by atoms with van der Waals surface area (Å²) in [5.74, 6) is -5.61. The van der Waals surface area contributed by atoms with Crippen LogP contribution in [0.3, 0.4) is 0 Å². The lowest BCUT2D eigenvalue weighted by Crippen LogP contribution is -2.62. The molecular formula is C20H30N4O6. The smallest absolute Gasteiger partial charge is 0.330 e. The minimum Gasteiger partial charge on any atom is -0.481 e. The summed E-state index contributed by atoms with van der Waals surface area (Å²) in [5.41, 5.74) is 10.3. The molecule has 1 fully saturated rings. The van der Waals surface area contributed by atoms with Crippen molar-refractivity contribution in [2.45, 2.75) is 57.0 Å². The van der Waals surface area contributed by atoms with Crippen LogP contribution in [0.2, 0.25) is 0 Å². The van der Waals surface area contributed by atoms with Crippen LogP contribution in [0.15, 0.2) is 12.3 Å². The number of nitrogens with zero attached hydrogens (tertiary/aromatic N) is 1. The molecule has 0 aliphatic carbocycles. The molecule has 30 heavy (non-hydrogen) atoms. The Morgan fingerprint density at radius 2 is 1.97 bits per heavy atom. The van der Waals surface area contributed by atoms with Gasteiger partial charge >= 0.3 is 11.9 Å². The van der Waals surface area contributed by atoms with E-state index in [-0.39, 0.29) is 18.7 Å². The number of carbonyl (C=O) groups is 4. The number of nitrogens with one attached hydrogen (secondary N) is 1. The molecule has 10 heteroatoms. The Hall–Kier alpha value is -2.72. The molecule has 1 aliphatic rings. The lowest BCUT2D eigenvalue weighted by molar-refractivity contribution is -0.168. The van der Waals surface area contributed by atoms with Crippen LogP contribution in [-0.2, 0) is 14.4 Å². The first-order valence-corrected chi connectivity index (χ1v) is 10.1. The number of aromatic amines is 1. The van der Waals surface area contributed by atoms with E-state index in [1.807, 2.05) is 0 Å². The van der Waals surface area contributed by atoms with E-state index >= 15 is 0 Å². The van der Waals surface area contributed by atoms with Crippen LogP contribution in [0.5, 0.6) is 0 Å². The van der Waals surface area contributed by atoms with Crippen LogP contribution >= 0.6 is 0 Å². The summed E-state index contributed by atoms with van der Waals surface area (Å²) in [5, 5.41) is 19.9. The van der Waals surface area contributed by atoms with Crippen molar-refractivity contribution in [2.24, 2.45) is 17.4 Å². The average Bonchev–Trinajstić information content (AvgIpc) is 3.32. The zero-order valence-corrected chi connectivity index (χ0v) is 17.1. The van der Waals surface area contributed by atoms with Gasteiger partial charge in [0, 0.05) is 19.2 Å². The highest BCUT2D eigenvalue weighted by Gasteiger charge is 2.58. The van der Waals surface area contributed by atoms with Gasteiger partial charge in [0.05, 0.1) is 17.7 Å². The molecule has 1 aliphatic heterocycles. The van der Waals surface area contributed by atoms with Gasteiger partial charge in [0.25, 0.3) is 0 Å². The van der Waals surface area contributed by atoms with Crippen LogP contribution < -0.4 is 11.5 Å². The zero-order valence-electron chi connectivity index (χ0n) is 17.1. The molecule has 3 atom stereocenters. The average molecular weight is 422 g/mol. The number of likely N-dealkylation sites (tertiary alicyclic amines) is 1. The summed E-state index contributed by atoms with van der Waals surface area (Å²) in [6.07, 6.45) is 2.86. The second-order valence-electron chi connectivity index (χ2n) is 7.77. The highest BCUT2D eigenvalue weighted by molar-refractivity contribution is 6.00. The van der Waals surface area contributed by atoms with Crippen molar-refractivity contribution >= 4 is 23.6 Å². The number of ketones is 1. The van der Waals surface area contributed by atoms with Gasteiger partial charge < -0.3 is 31.6 Å². The summed E-state index contributed by atoms with van der Waals surface area (Å²) >= 11 is 0. The third kappa shape index (κ3) is 4.54. The second-order valence-corrected chi connectivity index (χ2v) is 7.77. The third-order valence-electron chi connectivity index (χ3n) is 5.84. The van der Waals surface area contributed by atoms with Gasteiger partial charge in [-0.3, -0.25) is 14.4 Å². The highest BCUT2D eigenvalue weighted by Crippen LogP contribution is 2.39. The van der Waals surface area contributed by atoms with Gasteiger partial charge in [-0.2, -0.15) is 0 Å². The quantitative estimate of drug-likeness (QED) is 0.252. The highest BCUT2D eigenvalue weighted by atomic mass is 16.4. The van der Waals surface area contributed by atoms with Crippen molar-refractivity contribution in [2.75, 3.05) is 13.1 Å². The van der Waals surface area contributed by atoms with Gasteiger partial charge in [-0.25, -0.2) is 4.79 Å². The molecule has 1 aromatic heterocycles. The van der Waals surface area contributed by atoms with E-state index in [1.165, 1.54) is 0 Å². The van der Waals surface area contributed by atoms with Gasteiger partial charge in [-0.1, -0.05) is 6.42 Å². The van der Waals surface area contributed by atoms with Crippen LogP contribution in [0.4, 0.5) is 0 Å². The number of nitrogens with two attached hydrogens (primary N) is 2. The summed E-state index contributed by atoms with van der Waals surface area (Å²) in [6.45, 7) is 2.22. The molecule has 1 unspecified atom stereocenters. The molecule has 1 saturated heterocycles. The number of H-pyrrole nitrogens is 1. The number of carboxylic acid groups (broad SMARTS) is 2. The largest absolute Gasteiger partial charge is 0.481 e. The second kappa shape index (κ2) is 9.86. The Balaban J connectivity index is 2.35. The molecule has 0 radical (unpaired) electrons. The van der Waals surface area contributed by atoms with Gasteiger partial charge in [-0.05, 0) is 50.8 Å². The monoisotopic (exact) mass is 422 g/mol. The molecule has 7 N–H and O–H groups in total. The number of carboxylic acids is 2. The number of aromatic nitrogens is 1. The van der Waals surface area contributed by atoms with Crippen LogP contribution in [0.25, 0.3) is 0 Å². The first-order valence-electron chi connectivity index (χ1n) is 10.1. The van der Waals surface area contributed by atoms with E-state index in [0.29, 0.717) is 37.8 Å². The number of hydrogen-bond donors (Lipinski definition) is 5. The van der Waals surface area contributed by atoms with Crippen molar-refractivity contribution in [1.82, 2.24) is 9.88 Å². The number of hydrogen-bond acceptors (Lipinski definition) is 6. The van der Waals surface area contributed by atoms with E-state index in [1.54, 1.807) is 19.2 Å². The third-order valence-corrected chi connectivity index (χ3v) is 5.84. The summed E-state index contributed by atoms with van der Waals surface area (Å²) in [6, 6.07) is 0.714. The fourth-order valence-corrected chi connectivity index (χ4v) is 4.21. The fourth-order valence-electron chi connectivity index (χ4n) is 4.21. The number of carbonyl (C=O) groups excluding carboxylic acids is 2. The molecule has 2 rings (SSSR count). The molecule has 0 spiro atoms. The maximum atomic E-state index is 13.0. The molecule has 166 valence electrons. The summed E-state index contributed by atoms with van der Waals surface area (Å²) in [4.78, 5) is 54.0. The molecule has 0 bridgehead atoms. The van der Waals surface area contributed by atoms with Gasteiger partial charge in [0.2, 0.25) is 5.91 Å². The topological polar surface area (TPSA) is 180 Å². The molecule has 0 saturated carbocycles. The van der Waals surface area contributed by atoms with E-state index in [2.05, 4.69) is 4.98 Å². The van der Waals surface area contributed by atoms with Crippen molar-refractivity contribution in [3.63, 3.8) is 0 Å². The molecular weight excluding hydrogens is 392 g/mol. The van der Waals surface area contributed by atoms with Gasteiger partial charge in [0.1, 0.15) is 0 Å². The number of aliphatic carboxylic acids is 2. The van der Waals surface area contributed by atoms with Crippen molar-refractivity contribution in [3.8, 4) is 0 Å². The lowest BCUT2D eigenvalue weighted by atomic mass is 9.77. The first-order chi connectivity index (χ1) is 14.2. The van der Waals surface area contributed by atoms with E-state index in [4.69, 9.17) is 11.5 Å². The van der Waals surface area contributed by atoms with Gasteiger partial charge in [0.15, 0.2) is 11.3 Å². The Morgan fingerprint density at radius 1 is 1.27 bits per heavy atom. The zero-order chi connectivity index (χ0) is 22.5. The normalized spacial score (nSPS) is 20.7. The maximum absolute atomic E-state index is 13.0. The van der Waals surface area contributed by atoms with E-state index in [0.717, 1.165) is 4.90 Å². The standard InChI is InChI=1S/C20H30N4O6/c1-12-6-9-23-16(12)15(25)11-13(18(27)28)20(19(29)30)7-4-10-24(20)17(26)14(22)5-2-3-8-21/h6,9,13-14,23H,2-5,7-8,10-11,21-22H2,1H3,(H,27,28)(H,29,30)/t13?,14-,20+/m0/s1. The number of unbranched alkanes of at least 4 members (excludes halogenated alkanes) is 1. The van der Waals surface area contributed by atoms with E-state index < -0.39 is 47.5 Å². The van der Waals surface area contributed by atoms with Crippen LogP contribution in [0, 0.1) is 12.8 Å². The van der Waals surface area contributed by atoms with Crippen LogP contribution in [0.1, 0.15) is 54.6 Å². The lowest BCUT2D eigenvalue weighted by Gasteiger charge is -2.40. The molecule has 1 amide bonds.